The van der Waals surface area contributed by atoms with Gasteiger partial charge in [0.15, 0.2) is 0 Å². The molecule has 3 rings (SSSR count). The van der Waals surface area contributed by atoms with Crippen molar-refractivity contribution in [3.8, 4) is 0 Å². The second kappa shape index (κ2) is 6.02. The fourth-order valence-electron chi connectivity index (χ4n) is 3.73. The summed E-state index contributed by atoms with van der Waals surface area (Å²) in [5.41, 5.74) is 9.49. The SMILES string of the molecule is Cn1cc(CCC2(N)CCCCC2c2ccccc2)cn1. The van der Waals surface area contributed by atoms with Crippen molar-refractivity contribution >= 4 is 0 Å². The van der Waals surface area contributed by atoms with Crippen molar-refractivity contribution in [2.75, 3.05) is 0 Å². The average molecular weight is 283 g/mol. The van der Waals surface area contributed by atoms with Gasteiger partial charge in [-0.15, -0.1) is 0 Å². The Morgan fingerprint density at radius 1 is 1.29 bits per heavy atom. The summed E-state index contributed by atoms with van der Waals surface area (Å²) in [4.78, 5) is 0. The number of hydrogen-bond donors (Lipinski definition) is 1. The van der Waals surface area contributed by atoms with E-state index in [4.69, 9.17) is 5.73 Å². The molecule has 1 aliphatic rings. The van der Waals surface area contributed by atoms with Crippen molar-refractivity contribution in [3.05, 3.63) is 53.9 Å². The molecule has 1 heterocycles. The van der Waals surface area contributed by atoms with E-state index in [0.29, 0.717) is 5.92 Å². The number of nitrogens with zero attached hydrogens (tertiary/aromatic N) is 2. The molecule has 112 valence electrons. The number of hydrogen-bond acceptors (Lipinski definition) is 2. The van der Waals surface area contributed by atoms with Crippen molar-refractivity contribution in [1.29, 1.82) is 0 Å². The van der Waals surface area contributed by atoms with Crippen LogP contribution < -0.4 is 5.73 Å². The third-order valence-electron chi connectivity index (χ3n) is 4.92. The largest absolute Gasteiger partial charge is 0.325 e. The summed E-state index contributed by atoms with van der Waals surface area (Å²) in [6.07, 6.45) is 11.0. The molecule has 0 saturated heterocycles. The summed E-state index contributed by atoms with van der Waals surface area (Å²) in [6, 6.07) is 10.8. The maximum Gasteiger partial charge on any atom is 0.0521 e. The van der Waals surface area contributed by atoms with Crippen LogP contribution in [0.5, 0.6) is 0 Å². The third kappa shape index (κ3) is 3.18. The van der Waals surface area contributed by atoms with Gasteiger partial charge in [0.05, 0.1) is 6.20 Å². The molecule has 1 saturated carbocycles. The first kappa shape index (κ1) is 14.3. The molecule has 1 aliphatic carbocycles. The van der Waals surface area contributed by atoms with Gasteiger partial charge in [0, 0.05) is 24.7 Å². The lowest BCUT2D eigenvalue weighted by atomic mass is 9.68. The van der Waals surface area contributed by atoms with Crippen LogP contribution in [-0.4, -0.2) is 15.3 Å². The van der Waals surface area contributed by atoms with Gasteiger partial charge < -0.3 is 5.73 Å². The number of aryl methyl sites for hydroxylation is 2. The standard InChI is InChI=1S/C18H25N3/c1-21-14-15(13-20-21)10-12-18(19)11-6-5-9-17(18)16-7-3-2-4-8-16/h2-4,7-8,13-14,17H,5-6,9-12,19H2,1H3. The maximum atomic E-state index is 6.86. The summed E-state index contributed by atoms with van der Waals surface area (Å²) < 4.78 is 1.87. The van der Waals surface area contributed by atoms with Crippen LogP contribution in [0.1, 0.15) is 49.1 Å². The van der Waals surface area contributed by atoms with Crippen LogP contribution >= 0.6 is 0 Å². The Morgan fingerprint density at radius 2 is 2.10 bits per heavy atom. The van der Waals surface area contributed by atoms with Crippen LogP contribution in [0.15, 0.2) is 42.7 Å². The first-order valence-corrected chi connectivity index (χ1v) is 7.99. The molecule has 0 radical (unpaired) electrons. The van der Waals surface area contributed by atoms with Crippen molar-refractivity contribution in [3.63, 3.8) is 0 Å². The van der Waals surface area contributed by atoms with Crippen LogP contribution in [0.2, 0.25) is 0 Å². The van der Waals surface area contributed by atoms with Crippen LogP contribution in [0.4, 0.5) is 0 Å². The van der Waals surface area contributed by atoms with E-state index in [-0.39, 0.29) is 5.54 Å². The van der Waals surface area contributed by atoms with Crippen LogP contribution in [0.3, 0.4) is 0 Å². The second-order valence-corrected chi connectivity index (χ2v) is 6.46. The summed E-state index contributed by atoms with van der Waals surface area (Å²) in [7, 11) is 1.97. The van der Waals surface area contributed by atoms with E-state index >= 15 is 0 Å². The highest BCUT2D eigenvalue weighted by atomic mass is 15.2. The predicted molar refractivity (Wildman–Crippen MR) is 86.1 cm³/mol. The smallest absolute Gasteiger partial charge is 0.0521 e. The van der Waals surface area contributed by atoms with Crippen molar-refractivity contribution in [1.82, 2.24) is 9.78 Å². The summed E-state index contributed by atoms with van der Waals surface area (Å²) in [6.45, 7) is 0. The molecule has 2 N–H and O–H groups in total. The van der Waals surface area contributed by atoms with Crippen LogP contribution in [0.25, 0.3) is 0 Å². The Morgan fingerprint density at radius 3 is 2.81 bits per heavy atom. The molecule has 0 bridgehead atoms. The number of benzene rings is 1. The monoisotopic (exact) mass is 283 g/mol. The second-order valence-electron chi connectivity index (χ2n) is 6.46. The summed E-state index contributed by atoms with van der Waals surface area (Å²) >= 11 is 0. The molecular formula is C18H25N3. The van der Waals surface area contributed by atoms with E-state index in [1.165, 1.54) is 30.4 Å². The maximum absolute atomic E-state index is 6.86. The molecule has 1 aromatic heterocycles. The first-order valence-electron chi connectivity index (χ1n) is 7.99. The van der Waals surface area contributed by atoms with E-state index < -0.39 is 0 Å². The minimum absolute atomic E-state index is 0.0740. The van der Waals surface area contributed by atoms with E-state index in [2.05, 4.69) is 41.6 Å². The van der Waals surface area contributed by atoms with Crippen LogP contribution in [-0.2, 0) is 13.5 Å². The highest BCUT2D eigenvalue weighted by Gasteiger charge is 2.37. The van der Waals surface area contributed by atoms with Gasteiger partial charge in [-0.2, -0.15) is 5.10 Å². The molecule has 0 aliphatic heterocycles. The lowest BCUT2D eigenvalue weighted by molar-refractivity contribution is 0.235. The van der Waals surface area contributed by atoms with Gasteiger partial charge in [-0.05, 0) is 36.8 Å². The minimum Gasteiger partial charge on any atom is -0.325 e. The van der Waals surface area contributed by atoms with Gasteiger partial charge in [-0.1, -0.05) is 43.2 Å². The van der Waals surface area contributed by atoms with E-state index in [9.17, 15) is 0 Å². The fraction of sp³-hybridized carbons (Fsp3) is 0.500. The molecular weight excluding hydrogens is 258 g/mol. The van der Waals surface area contributed by atoms with Gasteiger partial charge in [-0.3, -0.25) is 4.68 Å². The van der Waals surface area contributed by atoms with Crippen LogP contribution in [0, 0.1) is 0 Å². The van der Waals surface area contributed by atoms with Crippen molar-refractivity contribution in [2.45, 2.75) is 50.0 Å². The lowest BCUT2D eigenvalue weighted by Crippen LogP contribution is -2.48. The first-order chi connectivity index (χ1) is 10.2. The summed E-state index contributed by atoms with van der Waals surface area (Å²) in [5, 5.41) is 4.26. The zero-order valence-corrected chi connectivity index (χ0v) is 12.8. The molecule has 21 heavy (non-hydrogen) atoms. The molecule has 3 heteroatoms. The molecule has 0 amide bonds. The van der Waals surface area contributed by atoms with E-state index in [1.807, 2.05) is 17.9 Å². The molecule has 2 unspecified atom stereocenters. The van der Waals surface area contributed by atoms with E-state index in [0.717, 1.165) is 19.3 Å². The Bertz CT molecular complexity index is 575. The quantitative estimate of drug-likeness (QED) is 0.934. The Hall–Kier alpha value is -1.61. The minimum atomic E-state index is -0.0740. The van der Waals surface area contributed by atoms with Gasteiger partial charge >= 0.3 is 0 Å². The molecule has 3 nitrogen and oxygen atoms in total. The van der Waals surface area contributed by atoms with Crippen molar-refractivity contribution in [2.24, 2.45) is 12.8 Å². The highest BCUT2D eigenvalue weighted by Crippen LogP contribution is 2.41. The molecule has 0 spiro atoms. The number of rotatable bonds is 4. The third-order valence-corrected chi connectivity index (χ3v) is 4.92. The fourth-order valence-corrected chi connectivity index (χ4v) is 3.73. The zero-order valence-electron chi connectivity index (χ0n) is 12.8. The van der Waals surface area contributed by atoms with Gasteiger partial charge in [0.25, 0.3) is 0 Å². The lowest BCUT2D eigenvalue weighted by Gasteiger charge is -2.42. The van der Waals surface area contributed by atoms with E-state index in [1.54, 1.807) is 0 Å². The normalized spacial score (nSPS) is 25.9. The Kier molecular flexibility index (Phi) is 4.11. The van der Waals surface area contributed by atoms with Gasteiger partial charge in [-0.25, -0.2) is 0 Å². The molecule has 2 aromatic rings. The molecule has 1 aromatic carbocycles. The number of aromatic nitrogens is 2. The Labute approximate surface area is 127 Å². The Balaban J connectivity index is 1.75. The highest BCUT2D eigenvalue weighted by molar-refractivity contribution is 5.25. The average Bonchev–Trinajstić information content (AvgIpc) is 2.92. The topological polar surface area (TPSA) is 43.8 Å². The summed E-state index contributed by atoms with van der Waals surface area (Å²) in [5.74, 6) is 0.490. The van der Waals surface area contributed by atoms with Gasteiger partial charge in [0.1, 0.15) is 0 Å². The predicted octanol–water partition coefficient (Wildman–Crippen LogP) is 3.41. The zero-order chi connectivity index (χ0) is 14.7. The molecule has 1 fully saturated rings. The van der Waals surface area contributed by atoms with Crippen molar-refractivity contribution < 1.29 is 0 Å². The molecule has 2 atom stereocenters. The van der Waals surface area contributed by atoms with Gasteiger partial charge in [0.2, 0.25) is 0 Å². The number of nitrogens with two attached hydrogens (primary N) is 1.